The van der Waals surface area contributed by atoms with Gasteiger partial charge >= 0.3 is 0 Å². The minimum absolute atomic E-state index is 0.0120. The SMILES string of the molecule is CCCCCCCC(=O)N(C1CCCCCC1)[C@@H]1C=C(C(=O)NCCO)[C@@H]2c3cc(CO)cc(OC)c3O[C@@H]2[C@H]1O. The monoisotopic (exact) mass is 572 g/mol. The quantitative estimate of drug-likeness (QED) is 0.210. The van der Waals surface area contributed by atoms with Crippen molar-refractivity contribution in [2.45, 2.75) is 121 Å². The molecule has 228 valence electrons. The van der Waals surface area contributed by atoms with Gasteiger partial charge in [-0.1, -0.05) is 58.3 Å². The molecule has 41 heavy (non-hydrogen) atoms. The molecule has 9 heteroatoms. The summed E-state index contributed by atoms with van der Waals surface area (Å²) in [5, 5.41) is 34.0. The maximum Gasteiger partial charge on any atom is 0.247 e. The molecular weight excluding hydrogens is 524 g/mol. The molecule has 0 spiro atoms. The van der Waals surface area contributed by atoms with E-state index in [0.29, 0.717) is 34.6 Å². The second-order valence-electron chi connectivity index (χ2n) is 11.6. The van der Waals surface area contributed by atoms with Crippen LogP contribution in [0, 0.1) is 0 Å². The van der Waals surface area contributed by atoms with Gasteiger partial charge in [0.05, 0.1) is 32.3 Å². The van der Waals surface area contributed by atoms with E-state index in [2.05, 4.69) is 12.2 Å². The summed E-state index contributed by atoms with van der Waals surface area (Å²) in [6.45, 7) is 1.82. The lowest BCUT2D eigenvalue weighted by molar-refractivity contribution is -0.141. The van der Waals surface area contributed by atoms with Gasteiger partial charge in [-0.05, 0) is 43.0 Å². The van der Waals surface area contributed by atoms with E-state index < -0.39 is 24.2 Å². The number of ether oxygens (including phenoxy) is 2. The van der Waals surface area contributed by atoms with Gasteiger partial charge in [0.2, 0.25) is 11.8 Å². The number of rotatable bonds is 13. The number of aliphatic hydroxyl groups excluding tert-OH is 3. The summed E-state index contributed by atoms with van der Waals surface area (Å²) < 4.78 is 11.9. The van der Waals surface area contributed by atoms with E-state index in [1.54, 1.807) is 18.2 Å². The van der Waals surface area contributed by atoms with Crippen molar-refractivity contribution < 1.29 is 34.4 Å². The van der Waals surface area contributed by atoms with Gasteiger partial charge in [0, 0.05) is 30.1 Å². The van der Waals surface area contributed by atoms with Crippen LogP contribution in [0.5, 0.6) is 11.5 Å². The van der Waals surface area contributed by atoms with Crippen LogP contribution < -0.4 is 14.8 Å². The fraction of sp³-hybridized carbons (Fsp3) is 0.688. The fourth-order valence-electron chi connectivity index (χ4n) is 6.75. The number of aliphatic hydroxyl groups is 3. The van der Waals surface area contributed by atoms with Crippen molar-refractivity contribution in [3.8, 4) is 11.5 Å². The number of nitrogens with one attached hydrogen (secondary N) is 1. The van der Waals surface area contributed by atoms with Crippen molar-refractivity contribution in [2.24, 2.45) is 0 Å². The van der Waals surface area contributed by atoms with E-state index in [1.165, 1.54) is 7.11 Å². The second kappa shape index (κ2) is 15.0. The first-order valence-corrected chi connectivity index (χ1v) is 15.5. The van der Waals surface area contributed by atoms with Gasteiger partial charge in [-0.25, -0.2) is 0 Å². The van der Waals surface area contributed by atoms with Crippen molar-refractivity contribution >= 4 is 11.8 Å². The fourth-order valence-corrected chi connectivity index (χ4v) is 6.75. The normalized spacial score (nSPS) is 24.0. The van der Waals surface area contributed by atoms with Crippen LogP contribution in [-0.2, 0) is 16.2 Å². The van der Waals surface area contributed by atoms with E-state index in [1.807, 2.05) is 4.90 Å². The molecule has 0 radical (unpaired) electrons. The van der Waals surface area contributed by atoms with Crippen LogP contribution >= 0.6 is 0 Å². The molecule has 2 amide bonds. The Kier molecular flexibility index (Phi) is 11.5. The number of carbonyl (C=O) groups excluding carboxylic acids is 2. The zero-order valence-electron chi connectivity index (χ0n) is 24.6. The predicted octanol–water partition coefficient (Wildman–Crippen LogP) is 3.72. The minimum Gasteiger partial charge on any atom is -0.493 e. The zero-order chi connectivity index (χ0) is 29.4. The van der Waals surface area contributed by atoms with E-state index in [-0.39, 0.29) is 37.6 Å². The van der Waals surface area contributed by atoms with Crippen LogP contribution in [-0.4, -0.2) is 76.6 Å². The summed E-state index contributed by atoms with van der Waals surface area (Å²) in [6, 6.07) is 2.73. The predicted molar refractivity (Wildman–Crippen MR) is 156 cm³/mol. The molecular formula is C32H48N2O7. The number of carbonyl (C=O) groups is 2. The number of benzene rings is 1. The third kappa shape index (κ3) is 7.07. The van der Waals surface area contributed by atoms with Gasteiger partial charge in [0.1, 0.15) is 12.2 Å². The van der Waals surface area contributed by atoms with E-state index >= 15 is 0 Å². The Hall–Kier alpha value is -2.62. The van der Waals surface area contributed by atoms with Crippen molar-refractivity contribution in [3.05, 3.63) is 34.9 Å². The highest BCUT2D eigenvalue weighted by atomic mass is 16.5. The Morgan fingerprint density at radius 3 is 2.46 bits per heavy atom. The molecule has 4 atom stereocenters. The number of hydrogen-bond donors (Lipinski definition) is 4. The Morgan fingerprint density at radius 2 is 1.80 bits per heavy atom. The number of nitrogens with zero attached hydrogens (tertiary/aromatic N) is 1. The summed E-state index contributed by atoms with van der Waals surface area (Å²) in [6.07, 6.45) is 11.5. The Morgan fingerprint density at radius 1 is 1.07 bits per heavy atom. The highest BCUT2D eigenvalue weighted by Crippen LogP contribution is 2.51. The maximum atomic E-state index is 13.9. The highest BCUT2D eigenvalue weighted by molar-refractivity contribution is 5.96. The molecule has 4 rings (SSSR count). The minimum atomic E-state index is -1.07. The standard InChI is InChI=1S/C32H48N2O7/c1-3-4-5-6-11-14-27(37)34(22-12-9-7-8-10-13-22)25-19-24(32(39)33-15-16-35)28-23-17-21(20-36)18-26(40-2)30(23)41-31(28)29(25)38/h17-19,22,25,28-29,31,35-36,38H,3-16,20H2,1-2H3,(H,33,39)/t25-,28+,29+,31+/m1/s1. The molecule has 1 saturated carbocycles. The number of amides is 2. The number of hydrogen-bond acceptors (Lipinski definition) is 7. The highest BCUT2D eigenvalue weighted by Gasteiger charge is 2.52. The van der Waals surface area contributed by atoms with Crippen LogP contribution in [0.3, 0.4) is 0 Å². The Balaban J connectivity index is 1.73. The average Bonchev–Trinajstić information content (AvgIpc) is 3.17. The lowest BCUT2D eigenvalue weighted by Crippen LogP contribution is -2.58. The number of methoxy groups -OCH3 is 1. The molecule has 1 fully saturated rings. The molecule has 1 aromatic carbocycles. The molecule has 0 saturated heterocycles. The summed E-state index contributed by atoms with van der Waals surface area (Å²) in [5.74, 6) is -0.121. The zero-order valence-corrected chi connectivity index (χ0v) is 24.6. The Labute approximate surface area is 243 Å². The van der Waals surface area contributed by atoms with Gasteiger partial charge in [0.25, 0.3) is 0 Å². The lowest BCUT2D eigenvalue weighted by atomic mass is 9.76. The third-order valence-corrected chi connectivity index (χ3v) is 8.82. The summed E-state index contributed by atoms with van der Waals surface area (Å²) in [5.41, 5.74) is 1.66. The molecule has 0 bridgehead atoms. The van der Waals surface area contributed by atoms with Crippen molar-refractivity contribution in [2.75, 3.05) is 20.3 Å². The first-order chi connectivity index (χ1) is 19.9. The van der Waals surface area contributed by atoms with Crippen molar-refractivity contribution in [1.29, 1.82) is 0 Å². The molecule has 1 heterocycles. The van der Waals surface area contributed by atoms with E-state index in [0.717, 1.165) is 70.6 Å². The first kappa shape index (κ1) is 31.3. The first-order valence-electron chi connectivity index (χ1n) is 15.5. The molecule has 3 aliphatic rings. The molecule has 2 aliphatic carbocycles. The second-order valence-corrected chi connectivity index (χ2v) is 11.6. The maximum absolute atomic E-state index is 13.9. The van der Waals surface area contributed by atoms with Crippen LogP contribution in [0.1, 0.15) is 101 Å². The summed E-state index contributed by atoms with van der Waals surface area (Å²) in [7, 11) is 1.51. The van der Waals surface area contributed by atoms with Gasteiger partial charge < -0.3 is 35.0 Å². The van der Waals surface area contributed by atoms with E-state index in [9.17, 15) is 24.9 Å². The van der Waals surface area contributed by atoms with Gasteiger partial charge in [-0.15, -0.1) is 0 Å². The van der Waals surface area contributed by atoms with Gasteiger partial charge in [-0.2, -0.15) is 0 Å². The molecule has 0 aromatic heterocycles. The van der Waals surface area contributed by atoms with Crippen molar-refractivity contribution in [3.63, 3.8) is 0 Å². The third-order valence-electron chi connectivity index (χ3n) is 8.82. The van der Waals surface area contributed by atoms with E-state index in [4.69, 9.17) is 9.47 Å². The van der Waals surface area contributed by atoms with Gasteiger partial charge in [0.15, 0.2) is 11.5 Å². The molecule has 1 aromatic rings. The molecule has 0 unspecified atom stereocenters. The van der Waals surface area contributed by atoms with Gasteiger partial charge in [-0.3, -0.25) is 9.59 Å². The van der Waals surface area contributed by atoms with Crippen LogP contribution in [0.15, 0.2) is 23.8 Å². The van der Waals surface area contributed by atoms with Crippen molar-refractivity contribution in [1.82, 2.24) is 10.2 Å². The lowest BCUT2D eigenvalue weighted by Gasteiger charge is -2.44. The van der Waals surface area contributed by atoms with Crippen LogP contribution in [0.25, 0.3) is 0 Å². The molecule has 9 nitrogen and oxygen atoms in total. The Bertz CT molecular complexity index is 1070. The average molecular weight is 573 g/mol. The van der Waals surface area contributed by atoms with Crippen LogP contribution in [0.4, 0.5) is 0 Å². The smallest absolute Gasteiger partial charge is 0.247 e. The van der Waals surface area contributed by atoms with Crippen LogP contribution in [0.2, 0.25) is 0 Å². The molecule has 1 aliphatic heterocycles. The number of unbranched alkanes of at least 4 members (excludes halogenated alkanes) is 4. The number of fused-ring (bicyclic) bond motifs is 3. The topological polar surface area (TPSA) is 129 Å². The summed E-state index contributed by atoms with van der Waals surface area (Å²) in [4.78, 5) is 29.4. The summed E-state index contributed by atoms with van der Waals surface area (Å²) >= 11 is 0. The molecule has 4 N–H and O–H groups in total. The largest absolute Gasteiger partial charge is 0.493 e.